The first kappa shape index (κ1) is 14.6. The minimum atomic E-state index is -0.907. The average Bonchev–Trinajstić information content (AvgIpc) is 2.45. The number of hydrogen-bond donors (Lipinski definition) is 2. The quantitative estimate of drug-likeness (QED) is 0.667. The highest BCUT2D eigenvalue weighted by molar-refractivity contribution is 5.29. The van der Waals surface area contributed by atoms with E-state index in [1.807, 2.05) is 0 Å². The summed E-state index contributed by atoms with van der Waals surface area (Å²) in [4.78, 5) is 0. The summed E-state index contributed by atoms with van der Waals surface area (Å²) in [5.41, 5.74) is 3.63. The molecule has 5 heteroatoms. The molecule has 0 spiro atoms. The zero-order valence-electron chi connectivity index (χ0n) is 11.0. The monoisotopic (exact) mass is 280 g/mol. The lowest BCUT2D eigenvalue weighted by molar-refractivity contribution is 0.461. The zero-order valence-corrected chi connectivity index (χ0v) is 11.0. The molecule has 0 fully saturated rings. The summed E-state index contributed by atoms with van der Waals surface area (Å²) in [6.45, 7) is 1.49. The molecule has 2 rings (SSSR count). The van der Waals surface area contributed by atoms with Crippen LogP contribution in [0.5, 0.6) is 0 Å². The summed E-state index contributed by atoms with van der Waals surface area (Å²) in [5.74, 6) is 3.30. The molecule has 0 heterocycles. The minimum Gasteiger partial charge on any atom is -0.271 e. The van der Waals surface area contributed by atoms with Crippen LogP contribution in [-0.2, 0) is 6.42 Å². The SMILES string of the molecule is Cc1ccc(C(Cc2ccc(F)cc2)NN)c(F)c1F. The first-order valence-electron chi connectivity index (χ1n) is 6.18. The number of nitrogens with two attached hydrogens (primary N) is 1. The molecule has 2 aromatic rings. The van der Waals surface area contributed by atoms with Crippen molar-refractivity contribution in [1.82, 2.24) is 5.43 Å². The van der Waals surface area contributed by atoms with Crippen molar-refractivity contribution in [2.75, 3.05) is 0 Å². The van der Waals surface area contributed by atoms with Gasteiger partial charge < -0.3 is 0 Å². The molecule has 1 unspecified atom stereocenters. The molecule has 0 aliphatic rings. The lowest BCUT2D eigenvalue weighted by Gasteiger charge is -2.18. The largest absolute Gasteiger partial charge is 0.271 e. The number of halogens is 3. The molecule has 2 nitrogen and oxygen atoms in total. The van der Waals surface area contributed by atoms with Gasteiger partial charge in [0.05, 0.1) is 6.04 Å². The lowest BCUT2D eigenvalue weighted by Crippen LogP contribution is -2.30. The number of benzene rings is 2. The molecule has 0 amide bonds. The summed E-state index contributed by atoms with van der Waals surface area (Å²) >= 11 is 0. The van der Waals surface area contributed by atoms with E-state index in [2.05, 4.69) is 5.43 Å². The Morgan fingerprint density at radius 3 is 2.25 bits per heavy atom. The van der Waals surface area contributed by atoms with Gasteiger partial charge in [-0.2, -0.15) is 0 Å². The van der Waals surface area contributed by atoms with E-state index < -0.39 is 17.7 Å². The minimum absolute atomic E-state index is 0.153. The highest BCUT2D eigenvalue weighted by Crippen LogP contribution is 2.24. The molecule has 0 radical (unpaired) electrons. The van der Waals surface area contributed by atoms with Crippen LogP contribution in [0, 0.1) is 24.4 Å². The zero-order chi connectivity index (χ0) is 14.7. The van der Waals surface area contributed by atoms with Gasteiger partial charge in [0.1, 0.15) is 5.82 Å². The van der Waals surface area contributed by atoms with Crippen molar-refractivity contribution >= 4 is 0 Å². The molecule has 0 bridgehead atoms. The van der Waals surface area contributed by atoms with E-state index in [0.717, 1.165) is 5.56 Å². The van der Waals surface area contributed by atoms with Crippen LogP contribution in [0.4, 0.5) is 13.2 Å². The van der Waals surface area contributed by atoms with E-state index in [0.29, 0.717) is 6.42 Å². The van der Waals surface area contributed by atoms with Gasteiger partial charge in [-0.25, -0.2) is 13.2 Å². The topological polar surface area (TPSA) is 38.0 Å². The number of rotatable bonds is 4. The van der Waals surface area contributed by atoms with Crippen molar-refractivity contribution in [2.24, 2.45) is 5.84 Å². The number of aryl methyl sites for hydroxylation is 1. The van der Waals surface area contributed by atoms with Crippen LogP contribution in [0.3, 0.4) is 0 Å². The van der Waals surface area contributed by atoms with Crippen LogP contribution in [0.2, 0.25) is 0 Å². The Balaban J connectivity index is 2.29. The lowest BCUT2D eigenvalue weighted by atomic mass is 9.97. The maximum absolute atomic E-state index is 13.9. The summed E-state index contributed by atoms with van der Waals surface area (Å²) in [7, 11) is 0. The second kappa shape index (κ2) is 6.07. The maximum atomic E-state index is 13.9. The summed E-state index contributed by atoms with van der Waals surface area (Å²) in [6.07, 6.45) is 0.330. The molecule has 0 aliphatic heterocycles. The second-order valence-corrected chi connectivity index (χ2v) is 4.65. The van der Waals surface area contributed by atoms with Crippen LogP contribution < -0.4 is 11.3 Å². The fourth-order valence-corrected chi connectivity index (χ4v) is 2.04. The van der Waals surface area contributed by atoms with E-state index in [-0.39, 0.29) is 16.9 Å². The number of hydrogen-bond acceptors (Lipinski definition) is 2. The predicted octanol–water partition coefficient (Wildman–Crippen LogP) is 3.16. The van der Waals surface area contributed by atoms with Gasteiger partial charge in [-0.05, 0) is 36.6 Å². The molecular formula is C15H15F3N2. The van der Waals surface area contributed by atoms with Crippen molar-refractivity contribution < 1.29 is 13.2 Å². The van der Waals surface area contributed by atoms with Crippen LogP contribution in [0.1, 0.15) is 22.7 Å². The standard InChI is InChI=1S/C15H15F3N2/c1-9-2-7-12(15(18)14(9)17)13(20-19)8-10-3-5-11(16)6-4-10/h2-7,13,20H,8,19H2,1H3. The van der Waals surface area contributed by atoms with E-state index in [1.165, 1.54) is 31.2 Å². The van der Waals surface area contributed by atoms with E-state index in [9.17, 15) is 13.2 Å². The van der Waals surface area contributed by atoms with E-state index in [4.69, 9.17) is 5.84 Å². The van der Waals surface area contributed by atoms with Gasteiger partial charge in [-0.1, -0.05) is 24.3 Å². The highest BCUT2D eigenvalue weighted by atomic mass is 19.2. The molecule has 106 valence electrons. The van der Waals surface area contributed by atoms with Crippen molar-refractivity contribution in [3.8, 4) is 0 Å². The Kier molecular flexibility index (Phi) is 4.42. The van der Waals surface area contributed by atoms with Gasteiger partial charge in [0.2, 0.25) is 0 Å². The Bertz CT molecular complexity index is 597. The summed E-state index contributed by atoms with van der Waals surface area (Å²) in [6, 6.07) is 8.22. The van der Waals surface area contributed by atoms with Gasteiger partial charge in [0.15, 0.2) is 11.6 Å². The first-order chi connectivity index (χ1) is 9.52. The van der Waals surface area contributed by atoms with Crippen LogP contribution in [0.15, 0.2) is 36.4 Å². The van der Waals surface area contributed by atoms with Crippen molar-refractivity contribution in [3.05, 3.63) is 70.5 Å². The van der Waals surface area contributed by atoms with Gasteiger partial charge in [0.25, 0.3) is 0 Å². The van der Waals surface area contributed by atoms with E-state index >= 15 is 0 Å². The molecule has 0 aliphatic carbocycles. The number of nitrogens with one attached hydrogen (secondary N) is 1. The van der Waals surface area contributed by atoms with Crippen molar-refractivity contribution in [1.29, 1.82) is 0 Å². The van der Waals surface area contributed by atoms with Gasteiger partial charge in [-0.15, -0.1) is 0 Å². The molecule has 1 atom stereocenters. The summed E-state index contributed by atoms with van der Waals surface area (Å²) in [5, 5.41) is 0. The normalized spacial score (nSPS) is 12.4. The van der Waals surface area contributed by atoms with Gasteiger partial charge in [0, 0.05) is 5.56 Å². The van der Waals surface area contributed by atoms with Crippen molar-refractivity contribution in [3.63, 3.8) is 0 Å². The van der Waals surface area contributed by atoms with Gasteiger partial charge >= 0.3 is 0 Å². The highest BCUT2D eigenvalue weighted by Gasteiger charge is 2.19. The molecule has 0 saturated carbocycles. The fraction of sp³-hybridized carbons (Fsp3) is 0.200. The van der Waals surface area contributed by atoms with Crippen LogP contribution >= 0.6 is 0 Å². The van der Waals surface area contributed by atoms with Crippen LogP contribution in [0.25, 0.3) is 0 Å². The predicted molar refractivity (Wildman–Crippen MR) is 71.3 cm³/mol. The Hall–Kier alpha value is -1.85. The maximum Gasteiger partial charge on any atom is 0.163 e. The van der Waals surface area contributed by atoms with Crippen LogP contribution in [-0.4, -0.2) is 0 Å². The fourth-order valence-electron chi connectivity index (χ4n) is 2.04. The third-order valence-electron chi connectivity index (χ3n) is 3.23. The molecule has 0 aromatic heterocycles. The molecular weight excluding hydrogens is 265 g/mol. The van der Waals surface area contributed by atoms with E-state index in [1.54, 1.807) is 12.1 Å². The first-order valence-corrected chi connectivity index (χ1v) is 6.18. The molecule has 2 aromatic carbocycles. The Labute approximate surface area is 115 Å². The molecule has 0 saturated heterocycles. The molecule has 20 heavy (non-hydrogen) atoms. The van der Waals surface area contributed by atoms with Crippen molar-refractivity contribution in [2.45, 2.75) is 19.4 Å². The average molecular weight is 280 g/mol. The Morgan fingerprint density at radius 2 is 1.65 bits per heavy atom. The Morgan fingerprint density at radius 1 is 1.00 bits per heavy atom. The third kappa shape index (κ3) is 3.00. The molecule has 3 N–H and O–H groups in total. The number of hydrazine groups is 1. The third-order valence-corrected chi connectivity index (χ3v) is 3.23. The summed E-state index contributed by atoms with van der Waals surface area (Å²) < 4.78 is 40.4. The smallest absolute Gasteiger partial charge is 0.163 e. The second-order valence-electron chi connectivity index (χ2n) is 4.65. The van der Waals surface area contributed by atoms with Gasteiger partial charge in [-0.3, -0.25) is 11.3 Å².